The molecule has 2 aromatic carbocycles. The largest absolute Gasteiger partial charge is 0.460 e. The van der Waals surface area contributed by atoms with Gasteiger partial charge in [-0.15, -0.1) is 5.10 Å². The van der Waals surface area contributed by atoms with E-state index in [2.05, 4.69) is 22.3 Å². The van der Waals surface area contributed by atoms with Crippen LogP contribution < -0.4 is 10.1 Å². The van der Waals surface area contributed by atoms with E-state index in [1.165, 1.54) is 10.7 Å². The third-order valence-corrected chi connectivity index (χ3v) is 5.03. The monoisotopic (exact) mass is 474 g/mol. The summed E-state index contributed by atoms with van der Waals surface area (Å²) in [5, 5.41) is 7.22. The number of nitrogens with zero attached hydrogens (tertiary/aromatic N) is 3. The number of anilines is 1. The van der Waals surface area contributed by atoms with E-state index in [4.69, 9.17) is 4.74 Å². The molecule has 1 aromatic heterocycles. The molecule has 0 fully saturated rings. The average Bonchev–Trinajstić information content (AvgIpc) is 3.20. The van der Waals surface area contributed by atoms with Crippen molar-refractivity contribution in [3.05, 3.63) is 54.1 Å². The molecule has 0 radical (unpaired) electrons. The van der Waals surface area contributed by atoms with E-state index in [0.717, 1.165) is 37.8 Å². The Morgan fingerprint density at radius 3 is 2.47 bits per heavy atom. The Morgan fingerprint density at radius 2 is 1.82 bits per heavy atom. The highest BCUT2D eigenvalue weighted by Crippen LogP contribution is 2.33. The quantitative estimate of drug-likeness (QED) is 0.334. The second-order valence-electron chi connectivity index (χ2n) is 8.28. The average molecular weight is 475 g/mol. The third-order valence-electron chi connectivity index (χ3n) is 5.03. The Balaban J connectivity index is 1.86. The molecule has 0 unspecified atom stereocenters. The van der Waals surface area contributed by atoms with Crippen molar-refractivity contribution in [3.63, 3.8) is 0 Å². The number of carbonyl (C=O) groups excluding carboxylic acids is 1. The fourth-order valence-electron chi connectivity index (χ4n) is 3.38. The molecule has 6 nitrogen and oxygen atoms in total. The highest BCUT2D eigenvalue weighted by atomic mass is 19.4. The summed E-state index contributed by atoms with van der Waals surface area (Å²) in [4.78, 5) is 16.5. The third kappa shape index (κ3) is 6.82. The predicted molar refractivity (Wildman–Crippen MR) is 125 cm³/mol. The first-order valence-electron chi connectivity index (χ1n) is 11.4. The van der Waals surface area contributed by atoms with Gasteiger partial charge in [0.2, 0.25) is 5.91 Å². The van der Waals surface area contributed by atoms with Crippen molar-refractivity contribution in [3.8, 4) is 23.1 Å². The van der Waals surface area contributed by atoms with E-state index >= 15 is 0 Å². The van der Waals surface area contributed by atoms with Crippen LogP contribution >= 0.6 is 0 Å². The minimum absolute atomic E-state index is 0.0538. The van der Waals surface area contributed by atoms with E-state index in [1.54, 1.807) is 30.3 Å². The molecule has 0 aliphatic heterocycles. The van der Waals surface area contributed by atoms with Gasteiger partial charge in [0, 0.05) is 17.7 Å². The molecule has 3 rings (SSSR count). The minimum Gasteiger partial charge on any atom is -0.460 e. The lowest BCUT2D eigenvalue weighted by Crippen LogP contribution is -2.11. The standard InChI is InChI=1S/C25H29F3N4O2/c1-4-5-6-7-11-22(33)29-20-12-14-21(15-13-20)32-23(30-24(31-32)34-17(2)3)18-9-8-10-19(16-18)25(26,27)28/h8-10,12-17H,4-7,11H2,1-3H3,(H,29,33). The number of hydrogen-bond acceptors (Lipinski definition) is 4. The van der Waals surface area contributed by atoms with Crippen LogP contribution in [0.4, 0.5) is 18.9 Å². The zero-order valence-corrected chi connectivity index (χ0v) is 19.5. The van der Waals surface area contributed by atoms with Crippen LogP contribution in [0.2, 0.25) is 0 Å². The lowest BCUT2D eigenvalue weighted by Gasteiger charge is -2.10. The highest BCUT2D eigenvalue weighted by molar-refractivity contribution is 5.90. The van der Waals surface area contributed by atoms with E-state index in [9.17, 15) is 18.0 Å². The number of nitrogens with one attached hydrogen (secondary N) is 1. The Bertz CT molecular complexity index is 1090. The van der Waals surface area contributed by atoms with Crippen molar-refractivity contribution in [2.24, 2.45) is 0 Å². The first-order chi connectivity index (χ1) is 16.2. The van der Waals surface area contributed by atoms with Gasteiger partial charge in [-0.25, -0.2) is 4.68 Å². The zero-order valence-electron chi connectivity index (χ0n) is 19.5. The molecule has 1 heterocycles. The van der Waals surface area contributed by atoms with Gasteiger partial charge < -0.3 is 10.1 Å². The molecule has 0 saturated carbocycles. The molecule has 182 valence electrons. The fraction of sp³-hybridized carbons (Fsp3) is 0.400. The van der Waals surface area contributed by atoms with E-state index in [0.29, 0.717) is 17.8 Å². The van der Waals surface area contributed by atoms with Crippen molar-refractivity contribution in [1.82, 2.24) is 14.8 Å². The van der Waals surface area contributed by atoms with Crippen LogP contribution in [0.15, 0.2) is 48.5 Å². The number of carbonyl (C=O) groups is 1. The maximum atomic E-state index is 13.2. The van der Waals surface area contributed by atoms with Crippen LogP contribution in [0.5, 0.6) is 6.01 Å². The van der Waals surface area contributed by atoms with Crippen LogP contribution in [0.25, 0.3) is 17.1 Å². The molecular formula is C25H29F3N4O2. The number of unbranched alkanes of at least 4 members (excludes halogenated alkanes) is 3. The lowest BCUT2D eigenvalue weighted by molar-refractivity contribution is -0.137. The van der Waals surface area contributed by atoms with Crippen molar-refractivity contribution >= 4 is 11.6 Å². The maximum Gasteiger partial charge on any atom is 0.416 e. The summed E-state index contributed by atoms with van der Waals surface area (Å²) in [5.74, 6) is 0.163. The summed E-state index contributed by atoms with van der Waals surface area (Å²) >= 11 is 0. The van der Waals surface area contributed by atoms with Crippen LogP contribution in [-0.2, 0) is 11.0 Å². The summed E-state index contributed by atoms with van der Waals surface area (Å²) in [6, 6.07) is 11.9. The second kappa shape index (κ2) is 11.2. The molecule has 1 amide bonds. The summed E-state index contributed by atoms with van der Waals surface area (Å²) in [7, 11) is 0. The Kier molecular flexibility index (Phi) is 8.31. The van der Waals surface area contributed by atoms with Crippen LogP contribution in [0.1, 0.15) is 58.4 Å². The number of benzene rings is 2. The molecule has 0 aliphatic carbocycles. The minimum atomic E-state index is -4.48. The van der Waals surface area contributed by atoms with Crippen LogP contribution in [0.3, 0.4) is 0 Å². The molecule has 0 bridgehead atoms. The fourth-order valence-corrected chi connectivity index (χ4v) is 3.38. The molecular weight excluding hydrogens is 445 g/mol. The summed E-state index contributed by atoms with van der Waals surface area (Å²) < 4.78 is 46.8. The zero-order chi connectivity index (χ0) is 24.7. The molecule has 0 atom stereocenters. The van der Waals surface area contributed by atoms with Crippen LogP contribution in [0, 0.1) is 0 Å². The Hall–Kier alpha value is -3.36. The molecule has 0 saturated heterocycles. The molecule has 0 spiro atoms. The van der Waals surface area contributed by atoms with E-state index in [1.807, 2.05) is 13.8 Å². The number of rotatable bonds is 10. The molecule has 9 heteroatoms. The van der Waals surface area contributed by atoms with Gasteiger partial charge in [-0.2, -0.15) is 18.2 Å². The Labute approximate surface area is 197 Å². The number of alkyl halides is 3. The predicted octanol–water partition coefficient (Wildman–Crippen LogP) is 6.65. The van der Waals surface area contributed by atoms with E-state index in [-0.39, 0.29) is 29.4 Å². The summed E-state index contributed by atoms with van der Waals surface area (Å²) in [6.07, 6.45) is -0.145. The normalized spacial score (nSPS) is 11.6. The molecule has 0 aliphatic rings. The lowest BCUT2D eigenvalue weighted by atomic mass is 10.1. The molecule has 34 heavy (non-hydrogen) atoms. The number of hydrogen-bond donors (Lipinski definition) is 1. The summed E-state index contributed by atoms with van der Waals surface area (Å²) in [6.45, 7) is 5.74. The number of ether oxygens (including phenoxy) is 1. The van der Waals surface area contributed by atoms with Gasteiger partial charge >= 0.3 is 12.2 Å². The molecule has 1 N–H and O–H groups in total. The second-order valence-corrected chi connectivity index (χ2v) is 8.28. The Morgan fingerprint density at radius 1 is 1.09 bits per heavy atom. The van der Waals surface area contributed by atoms with Gasteiger partial charge in [-0.05, 0) is 56.7 Å². The SMILES string of the molecule is CCCCCCC(=O)Nc1ccc(-n2nc(OC(C)C)nc2-c2cccc(C(F)(F)F)c2)cc1. The van der Waals surface area contributed by atoms with Crippen LogP contribution in [-0.4, -0.2) is 26.8 Å². The maximum absolute atomic E-state index is 13.2. The first-order valence-corrected chi connectivity index (χ1v) is 11.4. The topological polar surface area (TPSA) is 69.0 Å². The highest BCUT2D eigenvalue weighted by Gasteiger charge is 2.31. The van der Waals surface area contributed by atoms with Crippen molar-refractivity contribution < 1.29 is 22.7 Å². The number of halogens is 3. The van der Waals surface area contributed by atoms with Crippen molar-refractivity contribution in [2.45, 2.75) is 65.2 Å². The molecule has 3 aromatic rings. The van der Waals surface area contributed by atoms with Gasteiger partial charge in [0.05, 0.1) is 17.4 Å². The van der Waals surface area contributed by atoms with E-state index < -0.39 is 11.7 Å². The van der Waals surface area contributed by atoms with Crippen molar-refractivity contribution in [2.75, 3.05) is 5.32 Å². The van der Waals surface area contributed by atoms with Gasteiger partial charge in [0.15, 0.2) is 5.82 Å². The number of amides is 1. The smallest absolute Gasteiger partial charge is 0.416 e. The number of aromatic nitrogens is 3. The van der Waals surface area contributed by atoms with Gasteiger partial charge in [-0.3, -0.25) is 4.79 Å². The van der Waals surface area contributed by atoms with Crippen molar-refractivity contribution in [1.29, 1.82) is 0 Å². The van der Waals surface area contributed by atoms with Gasteiger partial charge in [0.25, 0.3) is 0 Å². The summed E-state index contributed by atoms with van der Waals surface area (Å²) in [5.41, 5.74) is 0.677. The van der Waals surface area contributed by atoms with Gasteiger partial charge in [0.1, 0.15) is 0 Å². The van der Waals surface area contributed by atoms with Gasteiger partial charge in [-0.1, -0.05) is 38.3 Å². The first kappa shape index (κ1) is 25.3.